The Kier molecular flexibility index (Phi) is 8.27. The highest BCUT2D eigenvalue weighted by Gasteiger charge is 2.46. The van der Waals surface area contributed by atoms with E-state index >= 15 is 0 Å². The highest BCUT2D eigenvalue weighted by molar-refractivity contribution is 6.22. The lowest BCUT2D eigenvalue weighted by Gasteiger charge is -2.34. The van der Waals surface area contributed by atoms with E-state index in [4.69, 9.17) is 0 Å². The van der Waals surface area contributed by atoms with Gasteiger partial charge in [-0.1, -0.05) is 193 Å². The minimum absolute atomic E-state index is 0.454. The van der Waals surface area contributed by atoms with Gasteiger partial charge in [-0.25, -0.2) is 0 Å². The summed E-state index contributed by atoms with van der Waals surface area (Å²) in [5, 5.41) is 5.03. The van der Waals surface area contributed by atoms with Crippen molar-refractivity contribution in [3.8, 4) is 50.2 Å². The molecule has 0 spiro atoms. The molecule has 1 aliphatic carbocycles. The molecule has 0 radical (unpaired) electrons. The maximum absolute atomic E-state index is 2.48. The van der Waals surface area contributed by atoms with Gasteiger partial charge in [-0.15, -0.1) is 0 Å². The Hall–Kier alpha value is -7.74. The standard InChI is InChI=1S/C61H43N/c1-40-33-41(2)35-48(34-40)44-17-13-16-43(36-44)45-18-14-23-51(37-45)62-58-31-29-46(38-55(58)60-52-24-10-9-15-42(52)28-32-59(60)62)47-27-30-54-53-25-11-12-26-56(53)61(57(54)39-47,49-19-5-3-6-20-49)50-21-7-4-8-22-50/h3-39H,1-2H3. The van der Waals surface area contributed by atoms with Crippen LogP contribution in [0.3, 0.4) is 0 Å². The van der Waals surface area contributed by atoms with E-state index in [-0.39, 0.29) is 0 Å². The molecule has 0 bridgehead atoms. The van der Waals surface area contributed by atoms with Gasteiger partial charge in [0.2, 0.25) is 0 Å². The van der Waals surface area contributed by atoms with Crippen LogP contribution in [0.1, 0.15) is 33.4 Å². The SMILES string of the molecule is Cc1cc(C)cc(-c2cccc(-c3cccc(-n4c5ccc(-c6ccc7c(c6)C(c6ccccc6)(c6ccccc6)c6ccccc6-7)cc5c5c6ccccc6ccc54)c3)c2)c1. The quantitative estimate of drug-likeness (QED) is 0.158. The molecule has 1 heterocycles. The fourth-order valence-corrected chi connectivity index (χ4v) is 10.7. The molecule has 11 aromatic rings. The van der Waals surface area contributed by atoms with Crippen LogP contribution >= 0.6 is 0 Å². The predicted octanol–water partition coefficient (Wildman–Crippen LogP) is 15.9. The third-order valence-electron chi connectivity index (χ3n) is 13.3. The Labute approximate surface area is 362 Å². The van der Waals surface area contributed by atoms with Gasteiger partial charge in [0.15, 0.2) is 0 Å². The normalized spacial score (nSPS) is 12.8. The molecule has 1 aliphatic rings. The van der Waals surface area contributed by atoms with Gasteiger partial charge in [0.25, 0.3) is 0 Å². The van der Waals surface area contributed by atoms with Crippen LogP contribution < -0.4 is 0 Å². The number of hydrogen-bond acceptors (Lipinski definition) is 0. The molecule has 0 aliphatic heterocycles. The first-order chi connectivity index (χ1) is 30.5. The summed E-state index contributed by atoms with van der Waals surface area (Å²) in [5.41, 5.74) is 20.7. The first-order valence-electron chi connectivity index (χ1n) is 21.7. The molecule has 1 heteroatoms. The second-order valence-corrected chi connectivity index (χ2v) is 17.0. The summed E-state index contributed by atoms with van der Waals surface area (Å²) in [6.07, 6.45) is 0. The van der Waals surface area contributed by atoms with Crippen LogP contribution in [0.15, 0.2) is 224 Å². The van der Waals surface area contributed by atoms with Crippen molar-refractivity contribution >= 4 is 32.6 Å². The van der Waals surface area contributed by atoms with Gasteiger partial charge in [-0.3, -0.25) is 0 Å². The number of hydrogen-bond donors (Lipinski definition) is 0. The molecular weight excluding hydrogens is 747 g/mol. The Morgan fingerprint density at radius 2 is 0.919 bits per heavy atom. The zero-order valence-corrected chi connectivity index (χ0v) is 34.8. The lowest BCUT2D eigenvalue weighted by molar-refractivity contribution is 0.769. The van der Waals surface area contributed by atoms with Crippen LogP contribution in [0, 0.1) is 13.8 Å². The fourth-order valence-electron chi connectivity index (χ4n) is 10.7. The molecule has 0 amide bonds. The molecule has 0 atom stereocenters. The number of benzene rings is 10. The molecule has 0 N–H and O–H groups in total. The minimum atomic E-state index is -0.454. The van der Waals surface area contributed by atoms with Gasteiger partial charge in [-0.05, 0) is 134 Å². The Morgan fingerprint density at radius 3 is 1.69 bits per heavy atom. The van der Waals surface area contributed by atoms with E-state index in [1.807, 2.05) is 0 Å². The average Bonchev–Trinajstić information content (AvgIpc) is 3.82. The van der Waals surface area contributed by atoms with Crippen molar-refractivity contribution in [1.82, 2.24) is 4.57 Å². The molecule has 62 heavy (non-hydrogen) atoms. The van der Waals surface area contributed by atoms with E-state index in [1.165, 1.54) is 110 Å². The van der Waals surface area contributed by atoms with Crippen LogP contribution in [-0.2, 0) is 5.41 Å². The average molecular weight is 790 g/mol. The van der Waals surface area contributed by atoms with E-state index in [0.29, 0.717) is 0 Å². The van der Waals surface area contributed by atoms with Crippen molar-refractivity contribution in [2.24, 2.45) is 0 Å². The molecule has 12 rings (SSSR count). The summed E-state index contributed by atoms with van der Waals surface area (Å²) >= 11 is 0. The fraction of sp³-hybridized carbons (Fsp3) is 0.0492. The van der Waals surface area contributed by atoms with Crippen LogP contribution in [0.25, 0.3) is 82.8 Å². The summed E-state index contributed by atoms with van der Waals surface area (Å²) in [6.45, 7) is 4.35. The second-order valence-electron chi connectivity index (χ2n) is 17.0. The van der Waals surface area contributed by atoms with E-state index in [1.54, 1.807) is 0 Å². The highest BCUT2D eigenvalue weighted by Crippen LogP contribution is 2.56. The second kappa shape index (κ2) is 14.2. The lowest BCUT2D eigenvalue weighted by atomic mass is 9.67. The molecule has 292 valence electrons. The summed E-state index contributed by atoms with van der Waals surface area (Å²) in [5.74, 6) is 0. The Bertz CT molecular complexity index is 3470. The van der Waals surface area contributed by atoms with E-state index in [2.05, 4.69) is 243 Å². The predicted molar refractivity (Wildman–Crippen MR) is 261 cm³/mol. The van der Waals surface area contributed by atoms with Gasteiger partial charge in [0, 0.05) is 16.5 Å². The van der Waals surface area contributed by atoms with Crippen molar-refractivity contribution in [3.05, 3.63) is 258 Å². The molecule has 1 aromatic heterocycles. The van der Waals surface area contributed by atoms with Crippen molar-refractivity contribution < 1.29 is 0 Å². The molecule has 1 nitrogen and oxygen atoms in total. The topological polar surface area (TPSA) is 4.93 Å². The Balaban J connectivity index is 1.05. The first-order valence-corrected chi connectivity index (χ1v) is 21.7. The summed E-state index contributed by atoms with van der Waals surface area (Å²) in [6, 6.07) is 83.7. The van der Waals surface area contributed by atoms with Crippen LogP contribution in [-0.4, -0.2) is 4.57 Å². The number of nitrogens with zero attached hydrogens (tertiary/aromatic N) is 1. The first kappa shape index (κ1) is 36.1. The van der Waals surface area contributed by atoms with Crippen molar-refractivity contribution in [1.29, 1.82) is 0 Å². The summed E-state index contributed by atoms with van der Waals surface area (Å²) < 4.78 is 2.47. The van der Waals surface area contributed by atoms with Crippen LogP contribution in [0.2, 0.25) is 0 Å². The van der Waals surface area contributed by atoms with Crippen molar-refractivity contribution in [2.45, 2.75) is 19.3 Å². The monoisotopic (exact) mass is 789 g/mol. The maximum Gasteiger partial charge on any atom is 0.0713 e. The maximum atomic E-state index is 2.48. The molecule has 0 saturated heterocycles. The molecule has 0 saturated carbocycles. The summed E-state index contributed by atoms with van der Waals surface area (Å²) in [7, 11) is 0. The van der Waals surface area contributed by atoms with Crippen molar-refractivity contribution in [3.63, 3.8) is 0 Å². The molecule has 0 fully saturated rings. The molecule has 10 aromatic carbocycles. The summed E-state index contributed by atoms with van der Waals surface area (Å²) in [4.78, 5) is 0. The number of rotatable bonds is 6. The van der Waals surface area contributed by atoms with Gasteiger partial charge >= 0.3 is 0 Å². The Morgan fingerprint density at radius 1 is 0.339 bits per heavy atom. The van der Waals surface area contributed by atoms with Crippen molar-refractivity contribution in [2.75, 3.05) is 0 Å². The number of fused-ring (bicyclic) bond motifs is 8. The van der Waals surface area contributed by atoms with Crippen LogP contribution in [0.5, 0.6) is 0 Å². The largest absolute Gasteiger partial charge is 0.309 e. The van der Waals surface area contributed by atoms with E-state index < -0.39 is 5.41 Å². The van der Waals surface area contributed by atoms with E-state index in [9.17, 15) is 0 Å². The van der Waals surface area contributed by atoms with Gasteiger partial charge in [-0.2, -0.15) is 0 Å². The zero-order chi connectivity index (χ0) is 41.4. The van der Waals surface area contributed by atoms with Gasteiger partial charge < -0.3 is 4.57 Å². The third-order valence-corrected chi connectivity index (χ3v) is 13.3. The molecule has 0 unspecified atom stereocenters. The van der Waals surface area contributed by atoms with Gasteiger partial charge in [0.05, 0.1) is 16.4 Å². The van der Waals surface area contributed by atoms with Gasteiger partial charge in [0.1, 0.15) is 0 Å². The smallest absolute Gasteiger partial charge is 0.0713 e. The number of aromatic nitrogens is 1. The number of aryl methyl sites for hydroxylation is 2. The zero-order valence-electron chi connectivity index (χ0n) is 34.8. The lowest BCUT2D eigenvalue weighted by Crippen LogP contribution is -2.28. The van der Waals surface area contributed by atoms with Crippen LogP contribution in [0.4, 0.5) is 0 Å². The third kappa shape index (κ3) is 5.55. The molecular formula is C61H43N. The van der Waals surface area contributed by atoms with E-state index in [0.717, 1.165) is 5.69 Å². The minimum Gasteiger partial charge on any atom is -0.309 e. The highest BCUT2D eigenvalue weighted by atomic mass is 15.0.